The van der Waals surface area contributed by atoms with Crippen LogP contribution < -0.4 is 0 Å². The number of nitrogens with zero attached hydrogens (tertiary/aromatic N) is 3. The van der Waals surface area contributed by atoms with E-state index in [4.69, 9.17) is 10.1 Å². The Hall–Kier alpha value is -2.44. The van der Waals surface area contributed by atoms with E-state index >= 15 is 0 Å². The summed E-state index contributed by atoms with van der Waals surface area (Å²) in [6.45, 7) is 10.6. The van der Waals surface area contributed by atoms with E-state index in [1.54, 1.807) is 17.2 Å². The normalized spacial score (nSPS) is 11.5. The SMILES string of the molecule is C=CC#N.C=CN1CCCC1=O.C=CN=C=O. The Morgan fingerprint density at radius 2 is 2.00 bits per heavy atom. The van der Waals surface area contributed by atoms with Crippen LogP contribution in [0, 0.1) is 11.3 Å². The van der Waals surface area contributed by atoms with Crippen LogP contribution in [0.4, 0.5) is 0 Å². The Morgan fingerprint density at radius 3 is 2.12 bits per heavy atom. The van der Waals surface area contributed by atoms with Gasteiger partial charge in [0.05, 0.1) is 6.07 Å². The van der Waals surface area contributed by atoms with Crippen LogP contribution in [0.15, 0.2) is 43.2 Å². The van der Waals surface area contributed by atoms with Gasteiger partial charge < -0.3 is 4.90 Å². The summed E-state index contributed by atoms with van der Waals surface area (Å²) in [5.41, 5.74) is 0. The molecule has 0 aromatic rings. The van der Waals surface area contributed by atoms with Gasteiger partial charge in [-0.3, -0.25) is 4.79 Å². The highest BCUT2D eigenvalue weighted by atomic mass is 16.2. The maximum Gasteiger partial charge on any atom is 0.239 e. The lowest BCUT2D eigenvalue weighted by atomic mass is 10.4. The highest BCUT2D eigenvalue weighted by molar-refractivity contribution is 5.78. The molecule has 0 atom stereocenters. The van der Waals surface area contributed by atoms with Crippen LogP contribution in [0.2, 0.25) is 0 Å². The average molecular weight is 233 g/mol. The van der Waals surface area contributed by atoms with E-state index in [9.17, 15) is 4.79 Å². The maximum absolute atomic E-state index is 10.7. The molecule has 1 aliphatic rings. The molecule has 0 bridgehead atoms. The molecule has 0 radical (unpaired) electrons. The van der Waals surface area contributed by atoms with Crippen LogP contribution in [0.5, 0.6) is 0 Å². The molecule has 1 fully saturated rings. The summed E-state index contributed by atoms with van der Waals surface area (Å²) in [5, 5.41) is 7.51. The zero-order chi connectivity index (χ0) is 13.5. The van der Waals surface area contributed by atoms with Crippen molar-refractivity contribution in [2.45, 2.75) is 12.8 Å². The first-order valence-corrected chi connectivity index (χ1v) is 4.78. The number of amides is 1. The molecule has 0 aromatic heterocycles. The van der Waals surface area contributed by atoms with Crippen molar-refractivity contribution in [3.05, 3.63) is 38.2 Å². The molecular formula is C12H15N3O2. The van der Waals surface area contributed by atoms with E-state index in [2.05, 4.69) is 24.7 Å². The lowest BCUT2D eigenvalue weighted by Crippen LogP contribution is -2.16. The predicted octanol–water partition coefficient (Wildman–Crippen LogP) is 1.91. The fourth-order valence-corrected chi connectivity index (χ4v) is 0.899. The van der Waals surface area contributed by atoms with Crippen LogP contribution in [-0.2, 0) is 9.59 Å². The standard InChI is InChI=1S/C6H9NO.C3H3NO.C3H3N/c1-2-7-5-3-4-6(7)8;1-2-4-3-5;1-2-3-4/h2H,1,3-5H2;2H,1H2;2H,1H2. The summed E-state index contributed by atoms with van der Waals surface area (Å²) < 4.78 is 0. The van der Waals surface area contributed by atoms with Gasteiger partial charge in [-0.1, -0.05) is 19.7 Å². The zero-order valence-corrected chi connectivity index (χ0v) is 9.63. The van der Waals surface area contributed by atoms with Gasteiger partial charge in [-0.2, -0.15) is 10.3 Å². The zero-order valence-electron chi connectivity index (χ0n) is 9.63. The van der Waals surface area contributed by atoms with E-state index in [1.807, 2.05) is 0 Å². The fraction of sp³-hybridized carbons (Fsp3) is 0.250. The molecule has 1 aliphatic heterocycles. The highest BCUT2D eigenvalue weighted by Gasteiger charge is 2.15. The summed E-state index contributed by atoms with van der Waals surface area (Å²) in [6.07, 6.45) is 6.87. The minimum absolute atomic E-state index is 0.208. The van der Waals surface area contributed by atoms with E-state index in [0.29, 0.717) is 6.42 Å². The van der Waals surface area contributed by atoms with Gasteiger partial charge in [0.2, 0.25) is 12.0 Å². The molecule has 1 saturated heterocycles. The smallest absolute Gasteiger partial charge is 0.239 e. The third kappa shape index (κ3) is 11.5. The number of rotatable bonds is 2. The van der Waals surface area contributed by atoms with Gasteiger partial charge in [-0.25, -0.2) is 4.79 Å². The number of nitriles is 1. The number of carbonyl (C=O) groups is 1. The average Bonchev–Trinajstić information content (AvgIpc) is 2.77. The Balaban J connectivity index is 0. The van der Waals surface area contributed by atoms with Crippen LogP contribution in [-0.4, -0.2) is 23.4 Å². The molecule has 5 heteroatoms. The van der Waals surface area contributed by atoms with Gasteiger partial charge in [0.1, 0.15) is 0 Å². The molecule has 5 nitrogen and oxygen atoms in total. The summed E-state index contributed by atoms with van der Waals surface area (Å²) in [4.78, 5) is 24.3. The summed E-state index contributed by atoms with van der Waals surface area (Å²) in [7, 11) is 0. The lowest BCUT2D eigenvalue weighted by molar-refractivity contribution is -0.125. The van der Waals surface area contributed by atoms with E-state index in [0.717, 1.165) is 19.2 Å². The van der Waals surface area contributed by atoms with Crippen molar-refractivity contribution in [1.82, 2.24) is 4.90 Å². The van der Waals surface area contributed by atoms with E-state index in [-0.39, 0.29) is 5.91 Å². The van der Waals surface area contributed by atoms with Crippen molar-refractivity contribution < 1.29 is 9.59 Å². The van der Waals surface area contributed by atoms with Crippen molar-refractivity contribution >= 4 is 12.0 Å². The highest BCUT2D eigenvalue weighted by Crippen LogP contribution is 2.08. The van der Waals surface area contributed by atoms with Gasteiger partial charge in [0.25, 0.3) is 0 Å². The number of aliphatic imine (C=N–C) groups is 1. The second kappa shape index (κ2) is 13.6. The van der Waals surface area contributed by atoms with Crippen molar-refractivity contribution in [2.75, 3.05) is 6.54 Å². The molecular weight excluding hydrogens is 218 g/mol. The number of carbonyl (C=O) groups excluding carboxylic acids is 2. The molecule has 0 spiro atoms. The number of isocyanates is 1. The summed E-state index contributed by atoms with van der Waals surface area (Å²) in [5.74, 6) is 0.208. The van der Waals surface area contributed by atoms with Gasteiger partial charge in [0.15, 0.2) is 0 Å². The largest absolute Gasteiger partial charge is 0.320 e. The first-order valence-electron chi connectivity index (χ1n) is 4.78. The predicted molar refractivity (Wildman–Crippen MR) is 65.3 cm³/mol. The minimum atomic E-state index is 0.208. The van der Waals surface area contributed by atoms with Crippen molar-refractivity contribution in [2.24, 2.45) is 4.99 Å². The van der Waals surface area contributed by atoms with Gasteiger partial charge in [-0.05, 0) is 12.6 Å². The van der Waals surface area contributed by atoms with E-state index in [1.165, 1.54) is 12.2 Å². The number of hydrogen-bond acceptors (Lipinski definition) is 4. The second-order valence-corrected chi connectivity index (χ2v) is 2.61. The molecule has 1 rings (SSSR count). The molecule has 1 amide bonds. The molecule has 0 unspecified atom stereocenters. The third-order valence-corrected chi connectivity index (χ3v) is 1.57. The van der Waals surface area contributed by atoms with Gasteiger partial charge in [0, 0.05) is 25.2 Å². The van der Waals surface area contributed by atoms with Crippen molar-refractivity contribution in [3.8, 4) is 6.07 Å². The number of likely N-dealkylation sites (tertiary alicyclic amines) is 1. The molecule has 0 aromatic carbocycles. The molecule has 0 saturated carbocycles. The Labute approximate surface area is 101 Å². The van der Waals surface area contributed by atoms with Crippen molar-refractivity contribution in [3.63, 3.8) is 0 Å². The number of allylic oxidation sites excluding steroid dienone is 1. The van der Waals surface area contributed by atoms with Gasteiger partial charge in [-0.15, -0.1) is 0 Å². The molecule has 0 N–H and O–H groups in total. The quantitative estimate of drug-likeness (QED) is 0.415. The Morgan fingerprint density at radius 1 is 1.41 bits per heavy atom. The first-order chi connectivity index (χ1) is 8.17. The van der Waals surface area contributed by atoms with Crippen LogP contribution in [0.1, 0.15) is 12.8 Å². The molecule has 17 heavy (non-hydrogen) atoms. The van der Waals surface area contributed by atoms with Crippen molar-refractivity contribution in [1.29, 1.82) is 5.26 Å². The number of hydrogen-bond donors (Lipinski definition) is 0. The summed E-state index contributed by atoms with van der Waals surface area (Å²) >= 11 is 0. The Bertz CT molecular complexity index is 349. The molecule has 0 aliphatic carbocycles. The topological polar surface area (TPSA) is 73.5 Å². The van der Waals surface area contributed by atoms with E-state index < -0.39 is 0 Å². The van der Waals surface area contributed by atoms with Crippen LogP contribution in [0.25, 0.3) is 0 Å². The Kier molecular flexibility index (Phi) is 13.5. The maximum atomic E-state index is 10.7. The lowest BCUT2D eigenvalue weighted by Gasteiger charge is -2.05. The fourth-order valence-electron chi connectivity index (χ4n) is 0.899. The third-order valence-electron chi connectivity index (χ3n) is 1.57. The minimum Gasteiger partial charge on any atom is -0.320 e. The molecule has 90 valence electrons. The van der Waals surface area contributed by atoms with Crippen LogP contribution >= 0.6 is 0 Å². The van der Waals surface area contributed by atoms with Gasteiger partial charge >= 0.3 is 0 Å². The van der Waals surface area contributed by atoms with Crippen LogP contribution in [0.3, 0.4) is 0 Å². The molecule has 1 heterocycles. The summed E-state index contributed by atoms with van der Waals surface area (Å²) in [6, 6.07) is 1.69. The first kappa shape index (κ1) is 17.0. The second-order valence-electron chi connectivity index (χ2n) is 2.61. The monoisotopic (exact) mass is 233 g/mol.